The molecule has 164 valence electrons. The number of aromatic nitrogens is 4. The molecule has 0 aliphatic heterocycles. The van der Waals surface area contributed by atoms with Crippen LogP contribution in [0.3, 0.4) is 0 Å². The fourth-order valence-corrected chi connectivity index (χ4v) is 6.06. The van der Waals surface area contributed by atoms with E-state index in [1.165, 1.54) is 35.7 Å². The molecular formula is C22H21N5O3S2. The zero-order chi connectivity index (χ0) is 22.2. The van der Waals surface area contributed by atoms with Gasteiger partial charge in [-0.25, -0.2) is 9.78 Å². The number of esters is 1. The van der Waals surface area contributed by atoms with E-state index in [0.717, 1.165) is 28.7 Å². The Bertz CT molecular complexity index is 1350. The summed E-state index contributed by atoms with van der Waals surface area (Å²) in [4.78, 5) is 31.5. The van der Waals surface area contributed by atoms with Crippen molar-refractivity contribution in [3.63, 3.8) is 0 Å². The van der Waals surface area contributed by atoms with Gasteiger partial charge in [-0.3, -0.25) is 9.20 Å². The predicted octanol–water partition coefficient (Wildman–Crippen LogP) is 3.98. The number of methoxy groups -OCH3 is 1. The topological polar surface area (TPSA) is 98.5 Å². The summed E-state index contributed by atoms with van der Waals surface area (Å²) in [7, 11) is 1.31. The maximum Gasteiger partial charge on any atom is 0.339 e. The normalized spacial score (nSPS) is 15.6. The number of rotatable bonds is 5. The van der Waals surface area contributed by atoms with Gasteiger partial charge in [-0.2, -0.15) is 0 Å². The van der Waals surface area contributed by atoms with Crippen molar-refractivity contribution < 1.29 is 14.3 Å². The summed E-state index contributed by atoms with van der Waals surface area (Å²) in [5.41, 5.74) is 2.87. The largest absolute Gasteiger partial charge is 0.465 e. The Labute approximate surface area is 192 Å². The van der Waals surface area contributed by atoms with Crippen molar-refractivity contribution >= 4 is 56.5 Å². The average molecular weight is 468 g/mol. The van der Waals surface area contributed by atoms with E-state index in [-0.39, 0.29) is 11.7 Å². The summed E-state index contributed by atoms with van der Waals surface area (Å²) in [5.74, 6) is 0.0613. The van der Waals surface area contributed by atoms with Gasteiger partial charge in [0, 0.05) is 4.88 Å². The lowest BCUT2D eigenvalue weighted by Gasteiger charge is -2.17. The van der Waals surface area contributed by atoms with Crippen molar-refractivity contribution in [2.24, 2.45) is 5.92 Å². The summed E-state index contributed by atoms with van der Waals surface area (Å²) in [6, 6.07) is 6.75. The molecule has 1 N–H and O–H groups in total. The lowest BCUT2D eigenvalue weighted by Crippen LogP contribution is -2.17. The van der Waals surface area contributed by atoms with Crippen molar-refractivity contribution in [3.05, 3.63) is 46.6 Å². The Morgan fingerprint density at radius 3 is 3.00 bits per heavy atom. The zero-order valence-corrected chi connectivity index (χ0v) is 19.3. The molecule has 8 nitrogen and oxygen atoms in total. The van der Waals surface area contributed by atoms with Crippen LogP contribution >= 0.6 is 23.1 Å². The van der Waals surface area contributed by atoms with Gasteiger partial charge < -0.3 is 10.1 Å². The second-order valence-corrected chi connectivity index (χ2v) is 9.85. The number of aryl methyl sites for hydroxylation is 1. The van der Waals surface area contributed by atoms with Gasteiger partial charge in [0.2, 0.25) is 5.91 Å². The lowest BCUT2D eigenvalue weighted by molar-refractivity contribution is -0.113. The van der Waals surface area contributed by atoms with Crippen LogP contribution in [0.2, 0.25) is 0 Å². The molecule has 0 spiro atoms. The molecule has 0 bridgehead atoms. The Morgan fingerprint density at radius 1 is 1.31 bits per heavy atom. The molecule has 0 radical (unpaired) electrons. The number of nitrogens with zero attached hydrogens (tertiary/aromatic N) is 4. The fraction of sp³-hybridized carbons (Fsp3) is 0.318. The highest BCUT2D eigenvalue weighted by atomic mass is 32.2. The minimum Gasteiger partial charge on any atom is -0.465 e. The van der Waals surface area contributed by atoms with Crippen LogP contribution in [0.4, 0.5) is 5.69 Å². The Morgan fingerprint density at radius 2 is 2.16 bits per heavy atom. The molecule has 0 fully saturated rings. The number of hydrogen-bond acceptors (Lipinski definition) is 8. The number of anilines is 1. The third-order valence-corrected chi connectivity index (χ3v) is 7.72. The first-order valence-electron chi connectivity index (χ1n) is 10.3. The second kappa shape index (κ2) is 8.51. The molecule has 10 heteroatoms. The second-order valence-electron chi connectivity index (χ2n) is 7.83. The Kier molecular flexibility index (Phi) is 5.56. The van der Waals surface area contributed by atoms with Crippen LogP contribution in [0.15, 0.2) is 35.7 Å². The zero-order valence-electron chi connectivity index (χ0n) is 17.6. The molecule has 3 aromatic heterocycles. The SMILES string of the molecule is COC(=O)c1ccccc1NC(=O)CSc1nnc2c3c4c(sc3ncn12)C[C@H](C)CC4. The lowest BCUT2D eigenvalue weighted by atomic mass is 9.89. The van der Waals surface area contributed by atoms with Crippen molar-refractivity contribution in [3.8, 4) is 0 Å². The standard InChI is InChI=1S/C22H21N5O3S2/c1-12-7-8-14-16(9-12)32-20-18(14)19-25-26-22(27(19)11-23-20)31-10-17(28)24-15-6-4-3-5-13(15)21(29)30-2/h3-6,11-12H,7-10H2,1-2H3,(H,24,28)/t12-/m1/s1. The molecule has 0 saturated carbocycles. The highest BCUT2D eigenvalue weighted by molar-refractivity contribution is 7.99. The molecule has 0 saturated heterocycles. The van der Waals surface area contributed by atoms with Crippen molar-refractivity contribution in [2.45, 2.75) is 31.3 Å². The van der Waals surface area contributed by atoms with Gasteiger partial charge in [0.15, 0.2) is 10.8 Å². The average Bonchev–Trinajstić information content (AvgIpc) is 3.37. The van der Waals surface area contributed by atoms with Crippen molar-refractivity contribution in [1.29, 1.82) is 0 Å². The van der Waals surface area contributed by atoms with Crippen LogP contribution in [0, 0.1) is 5.92 Å². The first-order valence-corrected chi connectivity index (χ1v) is 12.1. The molecule has 1 atom stereocenters. The van der Waals surface area contributed by atoms with Crippen LogP contribution in [0.25, 0.3) is 15.9 Å². The van der Waals surface area contributed by atoms with E-state index in [4.69, 9.17) is 4.74 Å². The minimum absolute atomic E-state index is 0.119. The van der Waals surface area contributed by atoms with Crippen LogP contribution in [0.5, 0.6) is 0 Å². The van der Waals surface area contributed by atoms with E-state index in [2.05, 4.69) is 27.4 Å². The van der Waals surface area contributed by atoms with Crippen molar-refractivity contribution in [2.75, 3.05) is 18.2 Å². The molecule has 1 aliphatic rings. The molecule has 4 aromatic rings. The number of amides is 1. The number of fused-ring (bicyclic) bond motifs is 5. The quantitative estimate of drug-likeness (QED) is 0.350. The summed E-state index contributed by atoms with van der Waals surface area (Å²) in [6.07, 6.45) is 5.03. The summed E-state index contributed by atoms with van der Waals surface area (Å²) >= 11 is 3.03. The highest BCUT2D eigenvalue weighted by Crippen LogP contribution is 2.39. The fourth-order valence-electron chi connectivity index (χ4n) is 4.01. The van der Waals surface area contributed by atoms with Crippen molar-refractivity contribution in [1.82, 2.24) is 19.6 Å². The summed E-state index contributed by atoms with van der Waals surface area (Å²) < 4.78 is 6.63. The van der Waals surface area contributed by atoms with Gasteiger partial charge >= 0.3 is 5.97 Å². The highest BCUT2D eigenvalue weighted by Gasteiger charge is 2.24. The van der Waals surface area contributed by atoms with Gasteiger partial charge in [-0.15, -0.1) is 21.5 Å². The van der Waals surface area contributed by atoms with Crippen LogP contribution < -0.4 is 5.32 Å². The molecule has 3 heterocycles. The Hall–Kier alpha value is -2.98. The van der Waals surface area contributed by atoms with E-state index >= 15 is 0 Å². The van der Waals surface area contributed by atoms with E-state index in [1.807, 2.05) is 4.40 Å². The van der Waals surface area contributed by atoms with Gasteiger partial charge in [-0.1, -0.05) is 30.8 Å². The molecule has 0 unspecified atom stereocenters. The third kappa shape index (κ3) is 3.73. The number of benzene rings is 1. The number of thioether (sulfide) groups is 1. The Balaban J connectivity index is 1.36. The van der Waals surface area contributed by atoms with E-state index in [0.29, 0.717) is 22.3 Å². The molecule has 32 heavy (non-hydrogen) atoms. The van der Waals surface area contributed by atoms with E-state index in [9.17, 15) is 9.59 Å². The molecule has 1 aromatic carbocycles. The smallest absolute Gasteiger partial charge is 0.339 e. The molecule has 1 aliphatic carbocycles. The predicted molar refractivity (Wildman–Crippen MR) is 124 cm³/mol. The van der Waals surface area contributed by atoms with E-state index < -0.39 is 5.97 Å². The van der Waals surface area contributed by atoms with Gasteiger partial charge in [0.05, 0.1) is 29.5 Å². The van der Waals surface area contributed by atoms with Crippen LogP contribution in [-0.2, 0) is 22.4 Å². The summed E-state index contributed by atoms with van der Waals surface area (Å²) in [5, 5.41) is 13.2. The number of nitrogens with one attached hydrogen (secondary N) is 1. The molecule has 5 rings (SSSR count). The number of para-hydroxylation sites is 1. The first kappa shape index (κ1) is 20.9. The monoisotopic (exact) mass is 467 g/mol. The number of carbonyl (C=O) groups excluding carboxylic acids is 2. The number of ether oxygens (including phenoxy) is 1. The first-order chi connectivity index (χ1) is 15.5. The number of thiophene rings is 1. The maximum absolute atomic E-state index is 12.5. The minimum atomic E-state index is -0.499. The van der Waals surface area contributed by atoms with E-state index in [1.54, 1.807) is 41.9 Å². The maximum atomic E-state index is 12.5. The van der Waals surface area contributed by atoms with Gasteiger partial charge in [0.25, 0.3) is 0 Å². The number of carbonyl (C=O) groups is 2. The van der Waals surface area contributed by atoms with Crippen LogP contribution in [-0.4, -0.2) is 44.3 Å². The van der Waals surface area contributed by atoms with Gasteiger partial charge in [0.1, 0.15) is 11.2 Å². The van der Waals surface area contributed by atoms with Gasteiger partial charge in [-0.05, 0) is 42.9 Å². The summed E-state index contributed by atoms with van der Waals surface area (Å²) in [6.45, 7) is 2.29. The van der Waals surface area contributed by atoms with Crippen LogP contribution in [0.1, 0.15) is 34.1 Å². The number of hydrogen-bond donors (Lipinski definition) is 1. The molecular weight excluding hydrogens is 446 g/mol. The third-order valence-electron chi connectivity index (χ3n) is 5.61. The molecule has 1 amide bonds.